The summed E-state index contributed by atoms with van der Waals surface area (Å²) in [5.74, 6) is 0.132. The first-order valence-electron chi connectivity index (χ1n) is 6.85. The first kappa shape index (κ1) is 20.2. The molecule has 1 heterocycles. The number of halogens is 2. The number of rotatable bonds is 3. The van der Waals surface area contributed by atoms with E-state index in [-0.39, 0.29) is 36.8 Å². The van der Waals surface area contributed by atoms with Crippen molar-refractivity contribution in [3.63, 3.8) is 0 Å². The standard InChI is InChI=1S/C15H23N3O.2ClH/c1-17(2)11-12-4-3-5-13(10-12)15(19)18-8-6-14(16)7-9-18;;/h3-5,10,14H,6-9,11,16H2,1-2H3;2*1H. The van der Waals surface area contributed by atoms with Gasteiger partial charge in [0, 0.05) is 31.2 Å². The minimum Gasteiger partial charge on any atom is -0.339 e. The molecule has 0 bridgehead atoms. The lowest BCUT2D eigenvalue weighted by Crippen LogP contribution is -2.42. The van der Waals surface area contributed by atoms with Crippen molar-refractivity contribution in [3.05, 3.63) is 35.4 Å². The van der Waals surface area contributed by atoms with Gasteiger partial charge in [-0.2, -0.15) is 0 Å². The van der Waals surface area contributed by atoms with Gasteiger partial charge in [0.15, 0.2) is 0 Å². The quantitative estimate of drug-likeness (QED) is 0.922. The van der Waals surface area contributed by atoms with Crippen molar-refractivity contribution in [1.82, 2.24) is 9.80 Å². The van der Waals surface area contributed by atoms with Gasteiger partial charge in [-0.25, -0.2) is 0 Å². The second kappa shape index (κ2) is 9.26. The van der Waals surface area contributed by atoms with Gasteiger partial charge in [0.05, 0.1) is 0 Å². The zero-order chi connectivity index (χ0) is 13.8. The van der Waals surface area contributed by atoms with E-state index in [1.54, 1.807) is 0 Å². The number of carbonyl (C=O) groups excluding carboxylic acids is 1. The molecule has 1 aromatic carbocycles. The van der Waals surface area contributed by atoms with Crippen LogP contribution in [-0.4, -0.2) is 48.9 Å². The number of hydrogen-bond acceptors (Lipinski definition) is 3. The van der Waals surface area contributed by atoms with Crippen molar-refractivity contribution < 1.29 is 4.79 Å². The molecular weight excluding hydrogens is 309 g/mol. The predicted octanol–water partition coefficient (Wildman–Crippen LogP) is 2.16. The van der Waals surface area contributed by atoms with E-state index >= 15 is 0 Å². The zero-order valence-corrected chi connectivity index (χ0v) is 14.3. The molecule has 0 saturated carbocycles. The summed E-state index contributed by atoms with van der Waals surface area (Å²) in [6.07, 6.45) is 1.81. The predicted molar refractivity (Wildman–Crippen MR) is 91.4 cm³/mol. The van der Waals surface area contributed by atoms with Crippen LogP contribution in [0.3, 0.4) is 0 Å². The Kier molecular flexibility index (Phi) is 8.90. The average molecular weight is 334 g/mol. The molecule has 0 aliphatic carbocycles. The summed E-state index contributed by atoms with van der Waals surface area (Å²) in [7, 11) is 4.06. The fraction of sp³-hybridized carbons (Fsp3) is 0.533. The van der Waals surface area contributed by atoms with Gasteiger partial charge in [-0.15, -0.1) is 24.8 Å². The SMILES string of the molecule is CN(C)Cc1cccc(C(=O)N2CCC(N)CC2)c1.Cl.Cl. The number of nitrogens with zero attached hydrogens (tertiary/aromatic N) is 2. The minimum absolute atomic E-state index is 0. The summed E-state index contributed by atoms with van der Waals surface area (Å²) in [5.41, 5.74) is 7.83. The van der Waals surface area contributed by atoms with E-state index in [0.29, 0.717) is 0 Å². The average Bonchev–Trinajstić information content (AvgIpc) is 2.38. The maximum Gasteiger partial charge on any atom is 0.253 e. The number of piperidine rings is 1. The molecule has 120 valence electrons. The highest BCUT2D eigenvalue weighted by molar-refractivity contribution is 5.94. The van der Waals surface area contributed by atoms with Crippen LogP contribution >= 0.6 is 24.8 Å². The molecule has 1 fully saturated rings. The summed E-state index contributed by atoms with van der Waals surface area (Å²) in [5, 5.41) is 0. The molecule has 0 unspecified atom stereocenters. The fourth-order valence-corrected chi connectivity index (χ4v) is 2.45. The van der Waals surface area contributed by atoms with Crippen molar-refractivity contribution in [1.29, 1.82) is 0 Å². The van der Waals surface area contributed by atoms with Gasteiger partial charge in [-0.1, -0.05) is 12.1 Å². The lowest BCUT2D eigenvalue weighted by atomic mass is 10.0. The molecule has 0 aromatic heterocycles. The Bertz CT molecular complexity index is 446. The fourth-order valence-electron chi connectivity index (χ4n) is 2.45. The van der Waals surface area contributed by atoms with Gasteiger partial charge in [0.25, 0.3) is 5.91 Å². The highest BCUT2D eigenvalue weighted by atomic mass is 35.5. The van der Waals surface area contributed by atoms with Crippen LogP contribution in [0.5, 0.6) is 0 Å². The number of nitrogens with two attached hydrogens (primary N) is 1. The third kappa shape index (κ3) is 5.83. The first-order chi connectivity index (χ1) is 9.06. The maximum atomic E-state index is 12.4. The minimum atomic E-state index is 0. The molecule has 0 spiro atoms. The molecule has 2 rings (SSSR count). The number of benzene rings is 1. The van der Waals surface area contributed by atoms with Gasteiger partial charge in [-0.05, 0) is 44.6 Å². The Morgan fingerprint density at radius 3 is 2.48 bits per heavy atom. The highest BCUT2D eigenvalue weighted by Gasteiger charge is 2.21. The van der Waals surface area contributed by atoms with Crippen molar-refractivity contribution in [3.8, 4) is 0 Å². The van der Waals surface area contributed by atoms with Crippen molar-refractivity contribution in [2.24, 2.45) is 5.73 Å². The molecule has 2 N–H and O–H groups in total. The van der Waals surface area contributed by atoms with E-state index in [0.717, 1.165) is 38.0 Å². The monoisotopic (exact) mass is 333 g/mol. The number of carbonyl (C=O) groups is 1. The molecule has 4 nitrogen and oxygen atoms in total. The van der Waals surface area contributed by atoms with Crippen LogP contribution in [0.4, 0.5) is 0 Å². The lowest BCUT2D eigenvalue weighted by molar-refractivity contribution is 0.0714. The third-order valence-corrected chi connectivity index (χ3v) is 3.50. The van der Waals surface area contributed by atoms with Crippen molar-refractivity contribution in [2.75, 3.05) is 27.2 Å². The topological polar surface area (TPSA) is 49.6 Å². The molecule has 21 heavy (non-hydrogen) atoms. The molecule has 1 amide bonds. The van der Waals surface area contributed by atoms with Gasteiger partial charge in [-0.3, -0.25) is 4.79 Å². The smallest absolute Gasteiger partial charge is 0.253 e. The summed E-state index contributed by atoms with van der Waals surface area (Å²) in [6.45, 7) is 2.40. The molecule has 0 radical (unpaired) electrons. The third-order valence-electron chi connectivity index (χ3n) is 3.50. The Morgan fingerprint density at radius 2 is 1.90 bits per heavy atom. The van der Waals surface area contributed by atoms with E-state index in [1.165, 1.54) is 5.56 Å². The Hall–Kier alpha value is -0.810. The summed E-state index contributed by atoms with van der Waals surface area (Å²) < 4.78 is 0. The largest absolute Gasteiger partial charge is 0.339 e. The summed E-state index contributed by atoms with van der Waals surface area (Å²) in [4.78, 5) is 16.4. The molecule has 1 aliphatic rings. The van der Waals surface area contributed by atoms with Crippen LogP contribution < -0.4 is 5.73 Å². The van der Waals surface area contributed by atoms with E-state index in [2.05, 4.69) is 11.0 Å². The normalized spacial score (nSPS) is 15.3. The van der Waals surface area contributed by atoms with Gasteiger partial charge in [0.1, 0.15) is 0 Å². The second-order valence-corrected chi connectivity index (χ2v) is 5.57. The van der Waals surface area contributed by atoms with Crippen LogP contribution in [0.15, 0.2) is 24.3 Å². The number of amides is 1. The van der Waals surface area contributed by atoms with E-state index < -0.39 is 0 Å². The van der Waals surface area contributed by atoms with Crippen molar-refractivity contribution >= 4 is 30.7 Å². The molecular formula is C15H25Cl2N3O. The molecule has 1 aliphatic heterocycles. The first-order valence-corrected chi connectivity index (χ1v) is 6.85. The van der Waals surface area contributed by atoms with Crippen LogP contribution in [0.1, 0.15) is 28.8 Å². The van der Waals surface area contributed by atoms with Gasteiger partial charge >= 0.3 is 0 Å². The number of hydrogen-bond donors (Lipinski definition) is 1. The van der Waals surface area contributed by atoms with E-state index in [4.69, 9.17) is 5.73 Å². The molecule has 1 saturated heterocycles. The van der Waals surface area contributed by atoms with Gasteiger partial charge in [0.2, 0.25) is 0 Å². The number of likely N-dealkylation sites (tertiary alicyclic amines) is 1. The summed E-state index contributed by atoms with van der Waals surface area (Å²) in [6, 6.07) is 8.17. The lowest BCUT2D eigenvalue weighted by Gasteiger charge is -2.30. The van der Waals surface area contributed by atoms with Crippen LogP contribution in [0.2, 0.25) is 0 Å². The Balaban J connectivity index is 0.00000200. The maximum absolute atomic E-state index is 12.4. The summed E-state index contributed by atoms with van der Waals surface area (Å²) >= 11 is 0. The zero-order valence-electron chi connectivity index (χ0n) is 12.6. The Morgan fingerprint density at radius 1 is 1.29 bits per heavy atom. The molecule has 0 atom stereocenters. The Labute approximate surface area is 139 Å². The van der Waals surface area contributed by atoms with E-state index in [9.17, 15) is 4.79 Å². The highest BCUT2D eigenvalue weighted by Crippen LogP contribution is 2.14. The molecule has 6 heteroatoms. The van der Waals surface area contributed by atoms with E-state index in [1.807, 2.05) is 37.2 Å². The van der Waals surface area contributed by atoms with Crippen LogP contribution in [0.25, 0.3) is 0 Å². The van der Waals surface area contributed by atoms with Crippen LogP contribution in [0, 0.1) is 0 Å². The molecule has 1 aromatic rings. The van der Waals surface area contributed by atoms with Crippen molar-refractivity contribution in [2.45, 2.75) is 25.4 Å². The second-order valence-electron chi connectivity index (χ2n) is 5.57. The van der Waals surface area contributed by atoms with Crippen LogP contribution in [-0.2, 0) is 6.54 Å². The van der Waals surface area contributed by atoms with Gasteiger partial charge < -0.3 is 15.5 Å².